The third-order valence-electron chi connectivity index (χ3n) is 3.67. The summed E-state index contributed by atoms with van der Waals surface area (Å²) >= 11 is 0. The van der Waals surface area contributed by atoms with Crippen LogP contribution in [0.3, 0.4) is 0 Å². The first-order valence-electron chi connectivity index (χ1n) is 8.15. The second kappa shape index (κ2) is 8.75. The van der Waals surface area contributed by atoms with Crippen molar-refractivity contribution in [3.8, 4) is 5.75 Å². The van der Waals surface area contributed by atoms with Crippen molar-refractivity contribution in [1.29, 1.82) is 0 Å². The van der Waals surface area contributed by atoms with Crippen LogP contribution in [0.1, 0.15) is 24.4 Å². The number of furan rings is 1. The van der Waals surface area contributed by atoms with E-state index in [-0.39, 0.29) is 17.4 Å². The topological polar surface area (TPSA) is 130 Å². The van der Waals surface area contributed by atoms with E-state index < -0.39 is 23.9 Å². The van der Waals surface area contributed by atoms with E-state index in [1.54, 1.807) is 32.0 Å². The van der Waals surface area contributed by atoms with Crippen LogP contribution < -0.4 is 20.7 Å². The molecule has 9 heteroatoms. The van der Waals surface area contributed by atoms with Gasteiger partial charge in [-0.15, -0.1) is 0 Å². The number of benzene rings is 1. The van der Waals surface area contributed by atoms with Gasteiger partial charge in [-0.05, 0) is 36.2 Å². The van der Waals surface area contributed by atoms with E-state index in [2.05, 4.69) is 16.0 Å². The number of amides is 3. The van der Waals surface area contributed by atoms with Crippen molar-refractivity contribution >= 4 is 29.3 Å². The van der Waals surface area contributed by atoms with Crippen LogP contribution in [0.15, 0.2) is 41.0 Å². The molecule has 2 rings (SSSR count). The maximum atomic E-state index is 12.2. The second-order valence-corrected chi connectivity index (χ2v) is 6.00. The number of nitrogens with one attached hydrogen (secondary N) is 3. The molecule has 0 aliphatic rings. The highest BCUT2D eigenvalue weighted by molar-refractivity contribution is 6.03. The minimum absolute atomic E-state index is 0.138. The van der Waals surface area contributed by atoms with E-state index in [1.165, 1.54) is 25.5 Å². The monoisotopic (exact) mass is 375 g/mol. The molecule has 0 saturated heterocycles. The molecule has 144 valence electrons. The molecule has 1 atom stereocenters. The molecule has 1 aromatic carbocycles. The molecule has 0 aliphatic heterocycles. The van der Waals surface area contributed by atoms with Gasteiger partial charge in [0, 0.05) is 5.69 Å². The lowest BCUT2D eigenvalue weighted by Gasteiger charge is -2.19. The van der Waals surface area contributed by atoms with Crippen LogP contribution in [0.25, 0.3) is 0 Å². The van der Waals surface area contributed by atoms with Crippen molar-refractivity contribution in [2.24, 2.45) is 5.92 Å². The molecule has 27 heavy (non-hydrogen) atoms. The quantitative estimate of drug-likeness (QED) is 0.589. The summed E-state index contributed by atoms with van der Waals surface area (Å²) in [5.41, 5.74) is 0.659. The number of carbonyl (C=O) groups is 3. The molecule has 1 aromatic heterocycles. The van der Waals surface area contributed by atoms with E-state index in [0.717, 1.165) is 0 Å². The summed E-state index contributed by atoms with van der Waals surface area (Å²) in [5.74, 6) is -1.40. The summed E-state index contributed by atoms with van der Waals surface area (Å²) in [4.78, 5) is 35.5. The number of methoxy groups -OCH3 is 1. The van der Waals surface area contributed by atoms with Gasteiger partial charge in [-0.1, -0.05) is 13.8 Å². The molecular weight excluding hydrogens is 354 g/mol. The summed E-state index contributed by atoms with van der Waals surface area (Å²) in [6.07, 6.45) is 1.38. The zero-order valence-electron chi connectivity index (χ0n) is 15.1. The van der Waals surface area contributed by atoms with Crippen molar-refractivity contribution in [1.82, 2.24) is 5.32 Å². The minimum atomic E-state index is -1.13. The smallest absolute Gasteiger partial charge is 0.326 e. The normalized spacial score (nSPS) is 11.6. The average Bonchev–Trinajstić information content (AvgIpc) is 3.14. The van der Waals surface area contributed by atoms with Crippen LogP contribution in [-0.2, 0) is 4.79 Å². The molecular formula is C18H21N3O6. The molecule has 0 spiro atoms. The van der Waals surface area contributed by atoms with Crippen molar-refractivity contribution in [3.05, 3.63) is 42.4 Å². The van der Waals surface area contributed by atoms with Gasteiger partial charge in [-0.3, -0.25) is 4.79 Å². The first-order chi connectivity index (χ1) is 12.8. The predicted molar refractivity (Wildman–Crippen MR) is 98.1 cm³/mol. The molecule has 4 N–H and O–H groups in total. The lowest BCUT2D eigenvalue weighted by atomic mass is 10.1. The highest BCUT2D eigenvalue weighted by atomic mass is 16.5. The van der Waals surface area contributed by atoms with E-state index in [0.29, 0.717) is 11.4 Å². The van der Waals surface area contributed by atoms with Gasteiger partial charge in [-0.2, -0.15) is 0 Å². The van der Waals surface area contributed by atoms with Crippen LogP contribution in [0.5, 0.6) is 5.75 Å². The van der Waals surface area contributed by atoms with Crippen LogP contribution in [0.2, 0.25) is 0 Å². The number of carboxylic acids is 1. The second-order valence-electron chi connectivity index (χ2n) is 6.00. The molecule has 2 aromatic rings. The highest BCUT2D eigenvalue weighted by Gasteiger charge is 2.24. The standard InChI is InChI=1S/C18H21N3O6/c1-10(2)15(17(23)24)21-18(25)20-12-9-11(6-7-13(12)26-3)19-16(22)14-5-4-8-27-14/h4-10,15H,1-3H3,(H,19,22)(H,23,24)(H2,20,21,25)/t15-/m0/s1. The molecule has 0 saturated carbocycles. The number of ether oxygens (including phenoxy) is 1. The Kier molecular flexibility index (Phi) is 6.42. The lowest BCUT2D eigenvalue weighted by Crippen LogP contribution is -2.46. The molecule has 9 nitrogen and oxygen atoms in total. The first-order valence-corrected chi connectivity index (χ1v) is 8.15. The van der Waals surface area contributed by atoms with Crippen LogP contribution in [0.4, 0.5) is 16.2 Å². The number of aliphatic carboxylic acids is 1. The Hall–Kier alpha value is -3.49. The average molecular weight is 375 g/mol. The predicted octanol–water partition coefficient (Wildman–Crippen LogP) is 2.77. The first kappa shape index (κ1) is 19.8. The van der Waals surface area contributed by atoms with Crippen LogP contribution in [0, 0.1) is 5.92 Å². The van der Waals surface area contributed by atoms with Crippen molar-refractivity contribution in [2.45, 2.75) is 19.9 Å². The summed E-state index contributed by atoms with van der Waals surface area (Å²) in [7, 11) is 1.42. The number of rotatable bonds is 7. The number of carbonyl (C=O) groups excluding carboxylic acids is 2. The fraction of sp³-hybridized carbons (Fsp3) is 0.278. The maximum absolute atomic E-state index is 12.2. The van der Waals surface area contributed by atoms with Gasteiger partial charge < -0.3 is 30.2 Å². The van der Waals surface area contributed by atoms with Gasteiger partial charge in [0.15, 0.2) is 5.76 Å². The van der Waals surface area contributed by atoms with Gasteiger partial charge in [0.25, 0.3) is 5.91 Å². The molecule has 0 bridgehead atoms. The zero-order chi connectivity index (χ0) is 20.0. The Morgan fingerprint density at radius 2 is 1.89 bits per heavy atom. The van der Waals surface area contributed by atoms with Gasteiger partial charge in [0.1, 0.15) is 11.8 Å². The summed E-state index contributed by atoms with van der Waals surface area (Å²) < 4.78 is 10.2. The molecule has 1 heterocycles. The van der Waals surface area contributed by atoms with Gasteiger partial charge in [-0.25, -0.2) is 9.59 Å². The SMILES string of the molecule is COc1ccc(NC(=O)c2ccco2)cc1NC(=O)N[C@H](C(=O)O)C(C)C. The zero-order valence-corrected chi connectivity index (χ0v) is 15.1. The van der Waals surface area contributed by atoms with Crippen LogP contribution >= 0.6 is 0 Å². The minimum Gasteiger partial charge on any atom is -0.495 e. The molecule has 3 amide bonds. The van der Waals surface area contributed by atoms with Gasteiger partial charge >= 0.3 is 12.0 Å². The molecule has 0 radical (unpaired) electrons. The fourth-order valence-electron chi connectivity index (χ4n) is 2.30. The molecule has 0 fully saturated rings. The van der Waals surface area contributed by atoms with Crippen molar-refractivity contribution in [3.63, 3.8) is 0 Å². The Balaban J connectivity index is 2.13. The van der Waals surface area contributed by atoms with Gasteiger partial charge in [0.2, 0.25) is 0 Å². The number of hydrogen-bond donors (Lipinski definition) is 4. The highest BCUT2D eigenvalue weighted by Crippen LogP contribution is 2.28. The van der Waals surface area contributed by atoms with Crippen molar-refractivity contribution < 1.29 is 28.6 Å². The molecule has 0 unspecified atom stereocenters. The third-order valence-corrected chi connectivity index (χ3v) is 3.67. The van der Waals surface area contributed by atoms with E-state index >= 15 is 0 Å². The Morgan fingerprint density at radius 1 is 1.15 bits per heavy atom. The fourth-order valence-corrected chi connectivity index (χ4v) is 2.30. The Labute approximate surface area is 155 Å². The summed E-state index contributed by atoms with van der Waals surface area (Å²) in [6, 6.07) is 6.00. The van der Waals surface area contributed by atoms with E-state index in [1.807, 2.05) is 0 Å². The third kappa shape index (κ3) is 5.24. The summed E-state index contributed by atoms with van der Waals surface area (Å²) in [6.45, 7) is 3.37. The van der Waals surface area contributed by atoms with Crippen LogP contribution in [-0.4, -0.2) is 36.2 Å². The number of urea groups is 1. The van der Waals surface area contributed by atoms with E-state index in [4.69, 9.17) is 14.3 Å². The summed E-state index contributed by atoms with van der Waals surface area (Å²) in [5, 5.41) is 16.7. The maximum Gasteiger partial charge on any atom is 0.326 e. The lowest BCUT2D eigenvalue weighted by molar-refractivity contribution is -0.140. The number of anilines is 2. The van der Waals surface area contributed by atoms with E-state index in [9.17, 15) is 14.4 Å². The Bertz CT molecular complexity index is 817. The number of carboxylic acid groups (broad SMARTS) is 1. The Morgan fingerprint density at radius 3 is 2.44 bits per heavy atom. The van der Waals surface area contributed by atoms with Crippen molar-refractivity contribution in [2.75, 3.05) is 17.7 Å². The van der Waals surface area contributed by atoms with Gasteiger partial charge in [0.05, 0.1) is 19.1 Å². The largest absolute Gasteiger partial charge is 0.495 e. The number of hydrogen-bond acceptors (Lipinski definition) is 5. The molecule has 0 aliphatic carbocycles.